The summed E-state index contributed by atoms with van der Waals surface area (Å²) in [7, 11) is 0. The minimum absolute atomic E-state index is 0.140. The van der Waals surface area contributed by atoms with Crippen molar-refractivity contribution in [2.75, 3.05) is 0 Å². The maximum Gasteiger partial charge on any atom is 0.142 e. The molecular weight excluding hydrogens is 178 g/mol. The van der Waals surface area contributed by atoms with Gasteiger partial charge >= 0.3 is 0 Å². The van der Waals surface area contributed by atoms with Crippen LogP contribution in [-0.2, 0) is 9.68 Å². The highest BCUT2D eigenvalue weighted by Crippen LogP contribution is 2.06. The molecule has 0 bridgehead atoms. The minimum atomic E-state index is 0.140. The van der Waals surface area contributed by atoms with Crippen molar-refractivity contribution in [3.05, 3.63) is 0 Å². The molecule has 1 unspecified atom stereocenters. The van der Waals surface area contributed by atoms with E-state index in [9.17, 15) is 0 Å². The Morgan fingerprint density at radius 1 is 1.14 bits per heavy atom. The van der Waals surface area contributed by atoms with Crippen LogP contribution in [0, 0.1) is 24.1 Å². The summed E-state index contributed by atoms with van der Waals surface area (Å²) < 4.78 is 0. The van der Waals surface area contributed by atoms with Crippen LogP contribution in [0.4, 0.5) is 0 Å². The van der Waals surface area contributed by atoms with Crippen molar-refractivity contribution in [3.8, 4) is 24.1 Å². The van der Waals surface area contributed by atoms with Crippen molar-refractivity contribution < 1.29 is 9.68 Å². The van der Waals surface area contributed by atoms with Crippen molar-refractivity contribution >= 4 is 0 Å². The normalized spacial score (nSPS) is 10.6. The Labute approximate surface area is 86.3 Å². The van der Waals surface area contributed by atoms with Crippen LogP contribution in [0.15, 0.2) is 0 Å². The monoisotopic (exact) mass is 195 g/mol. The molecule has 3 nitrogen and oxygen atoms in total. The van der Waals surface area contributed by atoms with Crippen LogP contribution in [-0.4, -0.2) is 11.3 Å². The predicted molar refractivity (Wildman–Crippen MR) is 55.3 cm³/mol. The Hall–Kier alpha value is -1.32. The molecule has 14 heavy (non-hydrogen) atoms. The summed E-state index contributed by atoms with van der Waals surface area (Å²) in [5.41, 5.74) is 0. The first-order valence-electron chi connectivity index (χ1n) is 4.72. The first kappa shape index (κ1) is 12.7. The smallest absolute Gasteiger partial charge is 0.142 e. The second-order valence-electron chi connectivity index (χ2n) is 2.81. The highest BCUT2D eigenvalue weighted by Gasteiger charge is 2.14. The van der Waals surface area contributed by atoms with E-state index in [1.165, 1.54) is 5.23 Å². The SMILES string of the molecule is CC#CON(OC#CC)C(C)CCC. The molecule has 0 aliphatic heterocycles. The number of hydroxylamine groups is 2. The molecule has 0 aliphatic rings. The van der Waals surface area contributed by atoms with Gasteiger partial charge in [-0.3, -0.25) is 0 Å². The first-order valence-corrected chi connectivity index (χ1v) is 4.72. The van der Waals surface area contributed by atoms with Crippen LogP contribution < -0.4 is 0 Å². The van der Waals surface area contributed by atoms with Crippen LogP contribution in [0.2, 0.25) is 0 Å². The molecule has 0 saturated heterocycles. The molecule has 0 amide bonds. The van der Waals surface area contributed by atoms with Gasteiger partial charge < -0.3 is 9.68 Å². The third kappa shape index (κ3) is 5.35. The van der Waals surface area contributed by atoms with E-state index >= 15 is 0 Å². The van der Waals surface area contributed by atoms with Gasteiger partial charge in [-0.25, -0.2) is 0 Å². The summed E-state index contributed by atoms with van der Waals surface area (Å²) in [6.45, 7) is 7.51. The van der Waals surface area contributed by atoms with Gasteiger partial charge in [0.15, 0.2) is 0 Å². The van der Waals surface area contributed by atoms with E-state index in [-0.39, 0.29) is 6.04 Å². The lowest BCUT2D eigenvalue weighted by Gasteiger charge is -2.20. The maximum atomic E-state index is 5.06. The minimum Gasteiger partial charge on any atom is -0.317 e. The molecule has 0 radical (unpaired) electrons. The van der Waals surface area contributed by atoms with Crippen LogP contribution in [0.25, 0.3) is 0 Å². The molecule has 0 rings (SSSR count). The molecule has 0 fully saturated rings. The van der Waals surface area contributed by atoms with E-state index in [2.05, 4.69) is 31.0 Å². The summed E-state index contributed by atoms with van der Waals surface area (Å²) in [5.74, 6) is 5.26. The zero-order valence-corrected chi connectivity index (χ0v) is 9.26. The van der Waals surface area contributed by atoms with Crippen molar-refractivity contribution in [1.29, 1.82) is 0 Å². The van der Waals surface area contributed by atoms with E-state index < -0.39 is 0 Å². The average molecular weight is 195 g/mol. The lowest BCUT2D eigenvalue weighted by Crippen LogP contribution is -2.30. The summed E-state index contributed by atoms with van der Waals surface area (Å²) in [4.78, 5) is 10.1. The fraction of sp³-hybridized carbons (Fsp3) is 0.636. The Bertz CT molecular complexity index is 232. The van der Waals surface area contributed by atoms with Gasteiger partial charge in [0.2, 0.25) is 0 Å². The Morgan fingerprint density at radius 2 is 1.64 bits per heavy atom. The molecule has 0 aromatic carbocycles. The Balaban J connectivity index is 4.16. The summed E-state index contributed by atoms with van der Waals surface area (Å²) in [5, 5.41) is 1.33. The zero-order valence-electron chi connectivity index (χ0n) is 9.26. The van der Waals surface area contributed by atoms with Crippen LogP contribution in [0.3, 0.4) is 0 Å². The van der Waals surface area contributed by atoms with Gasteiger partial charge in [0, 0.05) is 13.8 Å². The maximum absolute atomic E-state index is 5.06. The molecule has 0 aliphatic carbocycles. The second kappa shape index (κ2) is 8.29. The van der Waals surface area contributed by atoms with Crippen LogP contribution >= 0.6 is 0 Å². The van der Waals surface area contributed by atoms with Gasteiger partial charge in [0.05, 0.1) is 11.3 Å². The summed E-state index contributed by atoms with van der Waals surface area (Å²) >= 11 is 0. The van der Waals surface area contributed by atoms with Crippen LogP contribution in [0.5, 0.6) is 0 Å². The van der Waals surface area contributed by atoms with E-state index in [4.69, 9.17) is 9.68 Å². The van der Waals surface area contributed by atoms with Gasteiger partial charge in [-0.2, -0.15) is 0 Å². The largest absolute Gasteiger partial charge is 0.317 e. The van der Waals surface area contributed by atoms with Crippen molar-refractivity contribution in [3.63, 3.8) is 0 Å². The number of hydrogen-bond acceptors (Lipinski definition) is 3. The zero-order chi connectivity index (χ0) is 10.8. The Kier molecular flexibility index (Phi) is 7.50. The van der Waals surface area contributed by atoms with E-state index in [1.54, 1.807) is 13.8 Å². The van der Waals surface area contributed by atoms with Gasteiger partial charge in [0.25, 0.3) is 0 Å². The molecule has 0 N–H and O–H groups in total. The fourth-order valence-electron chi connectivity index (χ4n) is 0.903. The van der Waals surface area contributed by atoms with Crippen molar-refractivity contribution in [1.82, 2.24) is 5.23 Å². The van der Waals surface area contributed by atoms with Gasteiger partial charge in [0.1, 0.15) is 12.2 Å². The standard InChI is InChI=1S/C11H17NO2/c1-5-8-11(4)12(13-9-6-2)14-10-7-3/h11H,5,8H2,1-4H3. The molecular formula is C11H17NO2. The second-order valence-corrected chi connectivity index (χ2v) is 2.81. The molecule has 3 heteroatoms. The topological polar surface area (TPSA) is 21.7 Å². The Morgan fingerprint density at radius 3 is 2.00 bits per heavy atom. The summed E-state index contributed by atoms with van der Waals surface area (Å²) in [6, 6.07) is 0.140. The molecule has 0 heterocycles. The average Bonchev–Trinajstić information content (AvgIpc) is 2.18. The molecule has 78 valence electrons. The molecule has 0 aromatic heterocycles. The van der Waals surface area contributed by atoms with Crippen LogP contribution in [0.1, 0.15) is 40.5 Å². The first-order chi connectivity index (χ1) is 6.76. The van der Waals surface area contributed by atoms with E-state index in [0.717, 1.165) is 12.8 Å². The van der Waals surface area contributed by atoms with E-state index in [1.807, 2.05) is 6.92 Å². The molecule has 0 saturated carbocycles. The van der Waals surface area contributed by atoms with Gasteiger partial charge in [-0.15, -0.1) is 0 Å². The van der Waals surface area contributed by atoms with Gasteiger partial charge in [-0.05, 0) is 13.3 Å². The van der Waals surface area contributed by atoms with Crippen molar-refractivity contribution in [2.45, 2.75) is 46.6 Å². The molecule has 0 aromatic rings. The lowest BCUT2D eigenvalue weighted by atomic mass is 10.2. The predicted octanol–water partition coefficient (Wildman–Crippen LogP) is 2.30. The third-order valence-corrected chi connectivity index (χ3v) is 1.54. The quantitative estimate of drug-likeness (QED) is 0.496. The van der Waals surface area contributed by atoms with Gasteiger partial charge in [-0.1, -0.05) is 25.2 Å². The fourth-order valence-corrected chi connectivity index (χ4v) is 0.903. The van der Waals surface area contributed by atoms with E-state index in [0.29, 0.717) is 0 Å². The third-order valence-electron chi connectivity index (χ3n) is 1.54. The highest BCUT2D eigenvalue weighted by molar-refractivity contribution is 4.86. The molecule has 0 spiro atoms. The highest BCUT2D eigenvalue weighted by atomic mass is 16.9. The summed E-state index contributed by atoms with van der Waals surface area (Å²) in [6.07, 6.45) is 6.99. The lowest BCUT2D eigenvalue weighted by molar-refractivity contribution is -0.319. The number of hydrogen-bond donors (Lipinski definition) is 0. The molecule has 1 atom stereocenters. The number of rotatable bonds is 5. The van der Waals surface area contributed by atoms with Crippen molar-refractivity contribution in [2.24, 2.45) is 0 Å². The number of nitrogens with zero attached hydrogens (tertiary/aromatic N) is 1.